The first-order chi connectivity index (χ1) is 14.8. The highest BCUT2D eigenvalue weighted by Gasteiger charge is 2.36. The second kappa shape index (κ2) is 9.46. The first-order valence-electron chi connectivity index (χ1n) is 10.3. The number of hydrogen-bond donors (Lipinski definition) is 1. The van der Waals surface area contributed by atoms with Crippen molar-refractivity contribution >= 4 is 44.6 Å². The maximum atomic E-state index is 13.3. The van der Waals surface area contributed by atoms with Crippen molar-refractivity contribution in [3.8, 4) is 0 Å². The lowest BCUT2D eigenvalue weighted by molar-refractivity contribution is -0.122. The van der Waals surface area contributed by atoms with Gasteiger partial charge in [-0.15, -0.1) is 0 Å². The number of piperazine rings is 1. The van der Waals surface area contributed by atoms with Crippen LogP contribution in [0.4, 0.5) is 5.69 Å². The molecule has 2 aliphatic heterocycles. The first kappa shape index (κ1) is 22.6. The molecule has 0 aromatic heterocycles. The van der Waals surface area contributed by atoms with Crippen LogP contribution in [0.15, 0.2) is 48.5 Å². The molecule has 2 saturated heterocycles. The average Bonchev–Trinajstić information content (AvgIpc) is 3.08. The summed E-state index contributed by atoms with van der Waals surface area (Å²) in [6.07, 6.45) is 0.695. The van der Waals surface area contributed by atoms with Crippen LogP contribution in [0.5, 0.6) is 0 Å². The lowest BCUT2D eigenvalue weighted by atomic mass is 10.0. The fourth-order valence-corrected chi connectivity index (χ4v) is 6.71. The van der Waals surface area contributed by atoms with E-state index in [0.717, 1.165) is 18.7 Å². The van der Waals surface area contributed by atoms with E-state index in [2.05, 4.69) is 15.1 Å². The average molecular weight is 482 g/mol. The molecule has 31 heavy (non-hydrogen) atoms. The van der Waals surface area contributed by atoms with Crippen molar-refractivity contribution in [2.75, 3.05) is 43.0 Å². The molecule has 9 heteroatoms. The number of nitrogens with one attached hydrogen (secondary N) is 1. The van der Waals surface area contributed by atoms with Crippen molar-refractivity contribution in [1.29, 1.82) is 0 Å². The van der Waals surface area contributed by atoms with E-state index in [-0.39, 0.29) is 23.5 Å². The fraction of sp³-hybridized carbons (Fsp3) is 0.409. The SMILES string of the molecule is O=C(Nc1cc(Cl)cc(Cl)c1)[C@@H](c1ccccc1)N1CCN([C@H]2CCS(=O)(=O)C2)CC1. The second-order valence-electron chi connectivity index (χ2n) is 8.09. The summed E-state index contributed by atoms with van der Waals surface area (Å²) in [6.45, 7) is 2.83. The summed E-state index contributed by atoms with van der Waals surface area (Å²) in [4.78, 5) is 17.7. The molecular weight excluding hydrogens is 457 g/mol. The van der Waals surface area contributed by atoms with Gasteiger partial charge in [-0.05, 0) is 30.2 Å². The van der Waals surface area contributed by atoms with E-state index in [1.165, 1.54) is 0 Å². The minimum Gasteiger partial charge on any atom is -0.324 e. The van der Waals surface area contributed by atoms with E-state index in [0.29, 0.717) is 35.2 Å². The second-order valence-corrected chi connectivity index (χ2v) is 11.2. The summed E-state index contributed by atoms with van der Waals surface area (Å²) >= 11 is 12.2. The van der Waals surface area contributed by atoms with Gasteiger partial charge in [0.05, 0.1) is 11.5 Å². The molecule has 2 heterocycles. The molecule has 2 atom stereocenters. The third-order valence-corrected chi connectivity index (χ3v) is 8.12. The summed E-state index contributed by atoms with van der Waals surface area (Å²) in [5.74, 6) is 0.363. The Kier molecular flexibility index (Phi) is 6.89. The van der Waals surface area contributed by atoms with Crippen LogP contribution in [0.1, 0.15) is 18.0 Å². The Morgan fingerprint density at radius 1 is 1.00 bits per heavy atom. The molecule has 0 saturated carbocycles. The van der Waals surface area contributed by atoms with Gasteiger partial charge in [-0.1, -0.05) is 53.5 Å². The third kappa shape index (κ3) is 5.59. The summed E-state index contributed by atoms with van der Waals surface area (Å²) in [5.41, 5.74) is 1.46. The van der Waals surface area contributed by atoms with Gasteiger partial charge in [-0.25, -0.2) is 8.42 Å². The number of carbonyl (C=O) groups is 1. The number of nitrogens with zero attached hydrogens (tertiary/aromatic N) is 2. The normalized spacial score (nSPS) is 22.8. The smallest absolute Gasteiger partial charge is 0.246 e. The van der Waals surface area contributed by atoms with Gasteiger partial charge in [0.1, 0.15) is 6.04 Å². The van der Waals surface area contributed by atoms with Crippen molar-refractivity contribution in [1.82, 2.24) is 9.80 Å². The van der Waals surface area contributed by atoms with Crippen LogP contribution in [0.2, 0.25) is 10.0 Å². The molecule has 1 amide bonds. The van der Waals surface area contributed by atoms with Gasteiger partial charge in [0.2, 0.25) is 5.91 Å². The predicted octanol–water partition coefficient (Wildman–Crippen LogP) is 3.48. The monoisotopic (exact) mass is 481 g/mol. The molecule has 6 nitrogen and oxygen atoms in total. The zero-order valence-corrected chi connectivity index (χ0v) is 19.3. The molecule has 2 aromatic rings. The molecule has 0 radical (unpaired) electrons. The lowest BCUT2D eigenvalue weighted by Gasteiger charge is -2.40. The molecule has 0 aliphatic carbocycles. The Bertz CT molecular complexity index is 1020. The maximum absolute atomic E-state index is 13.3. The number of amides is 1. The van der Waals surface area contributed by atoms with E-state index < -0.39 is 15.9 Å². The molecule has 0 spiro atoms. The first-order valence-corrected chi connectivity index (χ1v) is 12.9. The van der Waals surface area contributed by atoms with Gasteiger partial charge in [0, 0.05) is 48.0 Å². The van der Waals surface area contributed by atoms with Crippen LogP contribution < -0.4 is 5.32 Å². The van der Waals surface area contributed by atoms with Crippen LogP contribution >= 0.6 is 23.2 Å². The summed E-state index contributed by atoms with van der Waals surface area (Å²) in [6, 6.07) is 14.3. The maximum Gasteiger partial charge on any atom is 0.246 e. The van der Waals surface area contributed by atoms with Gasteiger partial charge < -0.3 is 5.32 Å². The number of carbonyl (C=O) groups excluding carboxylic acids is 1. The fourth-order valence-electron chi connectivity index (χ4n) is 4.42. The quantitative estimate of drug-likeness (QED) is 0.707. The highest BCUT2D eigenvalue weighted by Crippen LogP contribution is 2.28. The minimum absolute atomic E-state index is 0.0877. The van der Waals surface area contributed by atoms with Crippen molar-refractivity contribution in [2.45, 2.75) is 18.5 Å². The molecular formula is C22H25Cl2N3O3S. The summed E-state index contributed by atoms with van der Waals surface area (Å²) in [7, 11) is -2.91. The molecule has 1 N–H and O–H groups in total. The molecule has 166 valence electrons. The molecule has 2 fully saturated rings. The van der Waals surface area contributed by atoms with Crippen LogP contribution in [-0.4, -0.2) is 67.9 Å². The standard InChI is InChI=1S/C22H25Cl2N3O3S/c23-17-12-18(24)14-19(13-17)25-22(28)21(16-4-2-1-3-5-16)27-9-7-26(8-10-27)20-6-11-31(29,30)15-20/h1-5,12-14,20-21H,6-11,15H2,(H,25,28)/t20-,21+/m0/s1. The van der Waals surface area contributed by atoms with Gasteiger partial charge in [0.15, 0.2) is 9.84 Å². The number of hydrogen-bond acceptors (Lipinski definition) is 5. The van der Waals surface area contributed by atoms with E-state index >= 15 is 0 Å². The largest absolute Gasteiger partial charge is 0.324 e. The molecule has 2 aliphatic rings. The van der Waals surface area contributed by atoms with Crippen LogP contribution in [0, 0.1) is 0 Å². The van der Waals surface area contributed by atoms with Crippen LogP contribution in [0.25, 0.3) is 0 Å². The van der Waals surface area contributed by atoms with Crippen molar-refractivity contribution in [3.05, 3.63) is 64.1 Å². The number of sulfone groups is 1. The van der Waals surface area contributed by atoms with Crippen LogP contribution in [0.3, 0.4) is 0 Å². The van der Waals surface area contributed by atoms with Gasteiger partial charge in [0.25, 0.3) is 0 Å². The van der Waals surface area contributed by atoms with Gasteiger partial charge in [-0.2, -0.15) is 0 Å². The van der Waals surface area contributed by atoms with E-state index in [4.69, 9.17) is 23.2 Å². The van der Waals surface area contributed by atoms with Gasteiger partial charge in [-0.3, -0.25) is 14.6 Å². The van der Waals surface area contributed by atoms with Gasteiger partial charge >= 0.3 is 0 Å². The number of anilines is 1. The molecule has 0 unspecified atom stereocenters. The molecule has 2 aromatic carbocycles. The predicted molar refractivity (Wildman–Crippen MR) is 124 cm³/mol. The highest BCUT2D eigenvalue weighted by atomic mass is 35.5. The zero-order chi connectivity index (χ0) is 22.0. The van der Waals surface area contributed by atoms with E-state index in [1.54, 1.807) is 18.2 Å². The third-order valence-electron chi connectivity index (χ3n) is 5.93. The highest BCUT2D eigenvalue weighted by molar-refractivity contribution is 7.91. The number of halogens is 2. The number of benzene rings is 2. The summed E-state index contributed by atoms with van der Waals surface area (Å²) < 4.78 is 23.7. The Hall–Kier alpha value is -1.64. The van der Waals surface area contributed by atoms with Crippen molar-refractivity contribution in [2.24, 2.45) is 0 Å². The number of rotatable bonds is 5. The zero-order valence-electron chi connectivity index (χ0n) is 17.0. The Morgan fingerprint density at radius 3 is 2.23 bits per heavy atom. The Labute approximate surface area is 193 Å². The minimum atomic E-state index is -2.91. The lowest BCUT2D eigenvalue weighted by Crippen LogP contribution is -2.53. The van der Waals surface area contributed by atoms with E-state index in [1.807, 2.05) is 30.3 Å². The molecule has 0 bridgehead atoms. The van der Waals surface area contributed by atoms with Crippen molar-refractivity contribution < 1.29 is 13.2 Å². The van der Waals surface area contributed by atoms with E-state index in [9.17, 15) is 13.2 Å². The Morgan fingerprint density at radius 2 is 1.65 bits per heavy atom. The Balaban J connectivity index is 1.49. The topological polar surface area (TPSA) is 69.7 Å². The summed E-state index contributed by atoms with van der Waals surface area (Å²) in [5, 5.41) is 3.87. The van der Waals surface area contributed by atoms with Crippen molar-refractivity contribution in [3.63, 3.8) is 0 Å². The molecule has 4 rings (SSSR count). The van der Waals surface area contributed by atoms with Crippen LogP contribution in [-0.2, 0) is 14.6 Å².